The highest BCUT2D eigenvalue weighted by Crippen LogP contribution is 2.18. The third-order valence-electron chi connectivity index (χ3n) is 2.89. The summed E-state index contributed by atoms with van der Waals surface area (Å²) in [5, 5.41) is 7.49. The number of hydrogen-bond donors (Lipinski definition) is 1. The van der Waals surface area contributed by atoms with E-state index in [0.29, 0.717) is 12.1 Å². The summed E-state index contributed by atoms with van der Waals surface area (Å²) in [6.07, 6.45) is 4.93. The Hall–Kier alpha value is -1.84. The molecule has 0 radical (unpaired) electrons. The van der Waals surface area contributed by atoms with Gasteiger partial charge >= 0.3 is 0 Å². The molecule has 0 bridgehead atoms. The number of nitrogens with one attached hydrogen (secondary N) is 1. The highest BCUT2D eigenvalue weighted by atomic mass is 19.1. The number of halogens is 1. The Kier molecular flexibility index (Phi) is 3.97. The Morgan fingerprint density at radius 2 is 2.22 bits per heavy atom. The fourth-order valence-electron chi connectivity index (χ4n) is 1.85. The van der Waals surface area contributed by atoms with Gasteiger partial charge in [0.25, 0.3) is 0 Å². The largest absolute Gasteiger partial charge is 0.381 e. The molecule has 0 atom stereocenters. The first-order chi connectivity index (χ1) is 8.70. The lowest BCUT2D eigenvalue weighted by Crippen LogP contribution is -2.01. The van der Waals surface area contributed by atoms with Crippen LogP contribution in [0.3, 0.4) is 0 Å². The van der Waals surface area contributed by atoms with Crippen molar-refractivity contribution in [3.05, 3.63) is 47.5 Å². The first-order valence-corrected chi connectivity index (χ1v) is 6.21. The predicted octanol–water partition coefficient (Wildman–Crippen LogP) is 3.35. The lowest BCUT2D eigenvalue weighted by atomic mass is 10.2. The van der Waals surface area contributed by atoms with Crippen LogP contribution in [0.5, 0.6) is 0 Å². The van der Waals surface area contributed by atoms with E-state index in [9.17, 15) is 4.39 Å². The van der Waals surface area contributed by atoms with Crippen molar-refractivity contribution in [1.29, 1.82) is 0 Å². The van der Waals surface area contributed by atoms with E-state index in [1.54, 1.807) is 13.0 Å². The van der Waals surface area contributed by atoms with Crippen molar-refractivity contribution in [2.45, 2.75) is 33.4 Å². The molecule has 2 aromatic rings. The summed E-state index contributed by atoms with van der Waals surface area (Å²) in [5.74, 6) is -0.179. The van der Waals surface area contributed by atoms with E-state index in [1.165, 1.54) is 6.07 Å². The molecule has 1 N–H and O–H groups in total. The van der Waals surface area contributed by atoms with Crippen LogP contribution in [0.1, 0.15) is 24.5 Å². The topological polar surface area (TPSA) is 29.9 Å². The Bertz CT molecular complexity index is 520. The molecule has 1 heterocycles. The minimum Gasteiger partial charge on any atom is -0.381 e. The Labute approximate surface area is 107 Å². The van der Waals surface area contributed by atoms with Crippen molar-refractivity contribution in [1.82, 2.24) is 9.78 Å². The van der Waals surface area contributed by atoms with Gasteiger partial charge in [-0.3, -0.25) is 4.68 Å². The second kappa shape index (κ2) is 5.67. The zero-order chi connectivity index (χ0) is 13.0. The molecule has 1 aromatic heterocycles. The molecule has 0 saturated carbocycles. The lowest BCUT2D eigenvalue weighted by Gasteiger charge is -2.08. The summed E-state index contributed by atoms with van der Waals surface area (Å²) in [4.78, 5) is 0. The number of anilines is 1. The van der Waals surface area contributed by atoms with Gasteiger partial charge < -0.3 is 5.32 Å². The SMILES string of the molecule is CCCn1cc(CNc2cccc(F)c2C)cn1. The fraction of sp³-hybridized carbons (Fsp3) is 0.357. The smallest absolute Gasteiger partial charge is 0.128 e. The van der Waals surface area contributed by atoms with Crippen LogP contribution in [0.4, 0.5) is 10.1 Å². The van der Waals surface area contributed by atoms with Crippen LogP contribution >= 0.6 is 0 Å². The highest BCUT2D eigenvalue weighted by molar-refractivity contribution is 5.51. The minimum absolute atomic E-state index is 0.179. The summed E-state index contributed by atoms with van der Waals surface area (Å²) in [6, 6.07) is 5.07. The van der Waals surface area contributed by atoms with E-state index in [4.69, 9.17) is 0 Å². The number of aromatic nitrogens is 2. The molecular formula is C14H18FN3. The number of rotatable bonds is 5. The summed E-state index contributed by atoms with van der Waals surface area (Å²) in [5.41, 5.74) is 2.59. The minimum atomic E-state index is -0.179. The standard InChI is InChI=1S/C14H18FN3/c1-3-7-18-10-12(9-17-18)8-16-14-6-4-5-13(15)11(14)2/h4-6,9-10,16H,3,7-8H2,1-2H3. The molecule has 0 aliphatic rings. The fourth-order valence-corrected chi connectivity index (χ4v) is 1.85. The van der Waals surface area contributed by atoms with Gasteiger partial charge in [0.2, 0.25) is 0 Å². The summed E-state index contributed by atoms with van der Waals surface area (Å²) < 4.78 is 15.3. The highest BCUT2D eigenvalue weighted by Gasteiger charge is 2.03. The van der Waals surface area contributed by atoms with Gasteiger partial charge in [-0.05, 0) is 25.5 Å². The zero-order valence-corrected chi connectivity index (χ0v) is 10.8. The van der Waals surface area contributed by atoms with Crippen LogP contribution in [0.15, 0.2) is 30.6 Å². The number of hydrogen-bond acceptors (Lipinski definition) is 2. The van der Waals surface area contributed by atoms with Crippen LogP contribution in [0.25, 0.3) is 0 Å². The molecule has 0 aliphatic carbocycles. The second-order valence-corrected chi connectivity index (χ2v) is 4.38. The lowest BCUT2D eigenvalue weighted by molar-refractivity contribution is 0.602. The summed E-state index contributed by atoms with van der Waals surface area (Å²) in [7, 11) is 0. The van der Waals surface area contributed by atoms with Crippen molar-refractivity contribution < 1.29 is 4.39 Å². The maximum Gasteiger partial charge on any atom is 0.128 e. The van der Waals surface area contributed by atoms with Gasteiger partial charge in [-0.15, -0.1) is 0 Å². The second-order valence-electron chi connectivity index (χ2n) is 4.38. The van der Waals surface area contributed by atoms with Gasteiger partial charge in [0, 0.05) is 36.1 Å². The molecule has 18 heavy (non-hydrogen) atoms. The van der Waals surface area contributed by atoms with Gasteiger partial charge in [0.15, 0.2) is 0 Å². The van der Waals surface area contributed by atoms with Crippen LogP contribution in [0.2, 0.25) is 0 Å². The van der Waals surface area contributed by atoms with Crippen molar-refractivity contribution in [3.8, 4) is 0 Å². The quantitative estimate of drug-likeness (QED) is 0.878. The number of benzene rings is 1. The first-order valence-electron chi connectivity index (χ1n) is 6.21. The van der Waals surface area contributed by atoms with E-state index in [0.717, 1.165) is 24.2 Å². The van der Waals surface area contributed by atoms with Crippen LogP contribution in [-0.4, -0.2) is 9.78 Å². The Balaban J connectivity index is 2.00. The molecule has 1 aromatic carbocycles. The van der Waals surface area contributed by atoms with Crippen LogP contribution in [-0.2, 0) is 13.1 Å². The normalized spacial score (nSPS) is 10.6. The summed E-state index contributed by atoms with van der Waals surface area (Å²) >= 11 is 0. The molecule has 4 heteroatoms. The third kappa shape index (κ3) is 2.88. The van der Waals surface area contributed by atoms with Gasteiger partial charge in [0.1, 0.15) is 5.82 Å². The first kappa shape index (κ1) is 12.6. The maximum atomic E-state index is 13.4. The van der Waals surface area contributed by atoms with Gasteiger partial charge in [-0.2, -0.15) is 5.10 Å². The Morgan fingerprint density at radius 3 is 3.00 bits per heavy atom. The van der Waals surface area contributed by atoms with E-state index < -0.39 is 0 Å². The molecule has 96 valence electrons. The predicted molar refractivity (Wildman–Crippen MR) is 71.0 cm³/mol. The van der Waals surface area contributed by atoms with Crippen molar-refractivity contribution in [2.75, 3.05) is 5.32 Å². The average molecular weight is 247 g/mol. The van der Waals surface area contributed by atoms with Crippen LogP contribution in [0, 0.1) is 12.7 Å². The third-order valence-corrected chi connectivity index (χ3v) is 2.89. The number of nitrogens with zero attached hydrogens (tertiary/aromatic N) is 2. The van der Waals surface area contributed by atoms with Crippen LogP contribution < -0.4 is 5.32 Å². The molecule has 2 rings (SSSR count). The Morgan fingerprint density at radius 1 is 1.39 bits per heavy atom. The molecule has 0 unspecified atom stereocenters. The van der Waals surface area contributed by atoms with Gasteiger partial charge in [-0.25, -0.2) is 4.39 Å². The van der Waals surface area contributed by atoms with E-state index in [2.05, 4.69) is 17.3 Å². The molecule has 0 saturated heterocycles. The molecule has 0 amide bonds. The molecule has 3 nitrogen and oxygen atoms in total. The van der Waals surface area contributed by atoms with E-state index >= 15 is 0 Å². The van der Waals surface area contributed by atoms with Gasteiger partial charge in [-0.1, -0.05) is 13.0 Å². The molecule has 0 spiro atoms. The average Bonchev–Trinajstić information content (AvgIpc) is 2.79. The maximum absolute atomic E-state index is 13.4. The van der Waals surface area contributed by atoms with Crippen molar-refractivity contribution in [3.63, 3.8) is 0 Å². The van der Waals surface area contributed by atoms with E-state index in [-0.39, 0.29) is 5.82 Å². The van der Waals surface area contributed by atoms with Gasteiger partial charge in [0.05, 0.1) is 6.20 Å². The molecular weight excluding hydrogens is 229 g/mol. The molecule has 0 fully saturated rings. The van der Waals surface area contributed by atoms with E-state index in [1.807, 2.05) is 23.1 Å². The zero-order valence-electron chi connectivity index (χ0n) is 10.8. The van der Waals surface area contributed by atoms with Crippen molar-refractivity contribution >= 4 is 5.69 Å². The number of aryl methyl sites for hydroxylation is 1. The summed E-state index contributed by atoms with van der Waals surface area (Å²) in [6.45, 7) is 5.49. The van der Waals surface area contributed by atoms with Crippen molar-refractivity contribution in [2.24, 2.45) is 0 Å². The molecule has 0 aliphatic heterocycles. The monoisotopic (exact) mass is 247 g/mol.